The van der Waals surface area contributed by atoms with Gasteiger partial charge in [-0.3, -0.25) is 4.79 Å². The van der Waals surface area contributed by atoms with Gasteiger partial charge in [-0.1, -0.05) is 35.0 Å². The fourth-order valence-corrected chi connectivity index (χ4v) is 2.44. The lowest BCUT2D eigenvalue weighted by Gasteiger charge is -2.15. The lowest BCUT2D eigenvalue weighted by molar-refractivity contribution is -0.125. The van der Waals surface area contributed by atoms with Gasteiger partial charge in [0.05, 0.1) is 0 Å². The van der Waals surface area contributed by atoms with Crippen LogP contribution in [0.3, 0.4) is 0 Å². The van der Waals surface area contributed by atoms with Crippen molar-refractivity contribution in [1.82, 2.24) is 5.32 Å². The van der Waals surface area contributed by atoms with E-state index in [1.807, 2.05) is 12.1 Å². The molecule has 20 heavy (non-hydrogen) atoms. The molecule has 5 heteroatoms. The van der Waals surface area contributed by atoms with Crippen LogP contribution in [0.25, 0.3) is 0 Å². The van der Waals surface area contributed by atoms with Crippen LogP contribution in [0.4, 0.5) is 0 Å². The molecule has 3 N–H and O–H groups in total. The third-order valence-electron chi connectivity index (χ3n) is 3.16. The zero-order chi connectivity index (χ0) is 14.1. The summed E-state index contributed by atoms with van der Waals surface area (Å²) in [6.07, 6.45) is 3.56. The Hall–Kier alpha value is -0.580. The summed E-state index contributed by atoms with van der Waals surface area (Å²) >= 11 is 3.46. The van der Waals surface area contributed by atoms with Crippen LogP contribution in [-0.2, 0) is 11.2 Å². The van der Waals surface area contributed by atoms with Crippen molar-refractivity contribution in [1.29, 1.82) is 0 Å². The van der Waals surface area contributed by atoms with E-state index in [9.17, 15) is 4.79 Å². The van der Waals surface area contributed by atoms with Crippen molar-refractivity contribution in [2.45, 2.75) is 32.6 Å². The van der Waals surface area contributed by atoms with Crippen molar-refractivity contribution in [2.24, 2.45) is 11.7 Å². The molecule has 0 spiro atoms. The number of hydrogen-bond donors (Lipinski definition) is 2. The predicted molar refractivity (Wildman–Crippen MR) is 90.2 cm³/mol. The van der Waals surface area contributed by atoms with Crippen LogP contribution in [0.5, 0.6) is 0 Å². The van der Waals surface area contributed by atoms with Crippen LogP contribution in [0.15, 0.2) is 28.7 Å². The van der Waals surface area contributed by atoms with Gasteiger partial charge in [0.25, 0.3) is 0 Å². The van der Waals surface area contributed by atoms with E-state index >= 15 is 0 Å². The van der Waals surface area contributed by atoms with Gasteiger partial charge >= 0.3 is 0 Å². The Morgan fingerprint density at radius 3 is 2.75 bits per heavy atom. The predicted octanol–water partition coefficient (Wildman–Crippen LogP) is 3.29. The van der Waals surface area contributed by atoms with Gasteiger partial charge in [0.15, 0.2) is 0 Å². The molecule has 1 unspecified atom stereocenters. The van der Waals surface area contributed by atoms with E-state index < -0.39 is 0 Å². The van der Waals surface area contributed by atoms with Crippen molar-refractivity contribution in [3.63, 3.8) is 0 Å². The summed E-state index contributed by atoms with van der Waals surface area (Å²) in [5.41, 5.74) is 6.62. The maximum atomic E-state index is 12.1. The highest BCUT2D eigenvalue weighted by Crippen LogP contribution is 2.17. The van der Waals surface area contributed by atoms with Gasteiger partial charge in [-0.05, 0) is 49.9 Å². The standard InChI is InChI=1S/C15H23BrN2O.ClH/c1-2-13(15(19)18-9-4-3-8-17)10-12-6-5-7-14(16)11-12;/h5-7,11,13H,2-4,8-10,17H2,1H3,(H,18,19);1H. The van der Waals surface area contributed by atoms with Gasteiger partial charge in [-0.15, -0.1) is 12.4 Å². The Labute approximate surface area is 136 Å². The minimum Gasteiger partial charge on any atom is -0.356 e. The number of hydrogen-bond acceptors (Lipinski definition) is 2. The molecule has 1 aromatic rings. The second kappa shape index (κ2) is 11.1. The lowest BCUT2D eigenvalue weighted by Crippen LogP contribution is -2.32. The number of halogens is 2. The summed E-state index contributed by atoms with van der Waals surface area (Å²) in [7, 11) is 0. The topological polar surface area (TPSA) is 55.1 Å². The molecule has 1 aromatic carbocycles. The molecule has 0 aliphatic rings. The van der Waals surface area contributed by atoms with E-state index in [1.54, 1.807) is 0 Å². The van der Waals surface area contributed by atoms with E-state index in [0.29, 0.717) is 6.54 Å². The zero-order valence-corrected chi connectivity index (χ0v) is 14.3. The number of benzene rings is 1. The van der Waals surface area contributed by atoms with Crippen molar-refractivity contribution in [3.8, 4) is 0 Å². The van der Waals surface area contributed by atoms with Crippen LogP contribution in [0, 0.1) is 5.92 Å². The third kappa shape index (κ3) is 7.27. The highest BCUT2D eigenvalue weighted by atomic mass is 79.9. The molecule has 0 saturated heterocycles. The molecule has 1 amide bonds. The summed E-state index contributed by atoms with van der Waals surface area (Å²) < 4.78 is 1.06. The summed E-state index contributed by atoms with van der Waals surface area (Å²) in [5, 5.41) is 3.00. The zero-order valence-electron chi connectivity index (χ0n) is 11.9. The number of unbranched alkanes of at least 4 members (excludes halogenated alkanes) is 1. The van der Waals surface area contributed by atoms with Crippen molar-refractivity contribution < 1.29 is 4.79 Å². The van der Waals surface area contributed by atoms with Crippen LogP contribution in [0.1, 0.15) is 31.7 Å². The van der Waals surface area contributed by atoms with E-state index in [2.05, 4.69) is 40.3 Å². The molecular formula is C15H24BrClN2O. The minimum absolute atomic E-state index is 0. The van der Waals surface area contributed by atoms with Crippen molar-refractivity contribution in [3.05, 3.63) is 34.3 Å². The Balaban J connectivity index is 0.00000361. The number of rotatable bonds is 8. The molecule has 0 heterocycles. The van der Waals surface area contributed by atoms with Crippen molar-refractivity contribution in [2.75, 3.05) is 13.1 Å². The molecule has 0 aliphatic carbocycles. The molecular weight excluding hydrogens is 340 g/mol. The Morgan fingerprint density at radius 1 is 1.40 bits per heavy atom. The van der Waals surface area contributed by atoms with Crippen LogP contribution in [0.2, 0.25) is 0 Å². The fraction of sp³-hybridized carbons (Fsp3) is 0.533. The number of nitrogens with two attached hydrogens (primary N) is 1. The van der Waals surface area contributed by atoms with E-state index in [0.717, 1.165) is 36.7 Å². The third-order valence-corrected chi connectivity index (χ3v) is 3.66. The van der Waals surface area contributed by atoms with E-state index in [4.69, 9.17) is 5.73 Å². The van der Waals surface area contributed by atoms with Gasteiger partial charge < -0.3 is 11.1 Å². The second-order valence-electron chi connectivity index (χ2n) is 4.73. The molecule has 0 aliphatic heterocycles. The summed E-state index contributed by atoms with van der Waals surface area (Å²) in [6.45, 7) is 3.47. The van der Waals surface area contributed by atoms with Gasteiger partial charge in [0, 0.05) is 16.9 Å². The highest BCUT2D eigenvalue weighted by molar-refractivity contribution is 9.10. The first-order valence-corrected chi connectivity index (χ1v) is 7.69. The van der Waals surface area contributed by atoms with E-state index in [1.165, 1.54) is 5.56 Å². The molecule has 1 rings (SSSR count). The van der Waals surface area contributed by atoms with Gasteiger partial charge in [0.1, 0.15) is 0 Å². The lowest BCUT2D eigenvalue weighted by atomic mass is 9.96. The van der Waals surface area contributed by atoms with Crippen LogP contribution >= 0.6 is 28.3 Å². The van der Waals surface area contributed by atoms with Gasteiger partial charge in [-0.25, -0.2) is 0 Å². The van der Waals surface area contributed by atoms with Crippen LogP contribution in [-0.4, -0.2) is 19.0 Å². The van der Waals surface area contributed by atoms with Gasteiger partial charge in [0.2, 0.25) is 5.91 Å². The van der Waals surface area contributed by atoms with Crippen LogP contribution < -0.4 is 11.1 Å². The molecule has 3 nitrogen and oxygen atoms in total. The Kier molecular flexibility index (Phi) is 10.8. The van der Waals surface area contributed by atoms with Crippen molar-refractivity contribution >= 4 is 34.2 Å². The molecule has 0 bridgehead atoms. The number of nitrogens with one attached hydrogen (secondary N) is 1. The minimum atomic E-state index is 0. The SMILES string of the molecule is CCC(Cc1cccc(Br)c1)C(=O)NCCCCN.Cl. The molecule has 114 valence electrons. The Morgan fingerprint density at radius 2 is 2.15 bits per heavy atom. The average molecular weight is 364 g/mol. The maximum Gasteiger partial charge on any atom is 0.223 e. The maximum absolute atomic E-state index is 12.1. The number of amides is 1. The fourth-order valence-electron chi connectivity index (χ4n) is 2.00. The first-order chi connectivity index (χ1) is 9.17. The summed E-state index contributed by atoms with van der Waals surface area (Å²) in [6, 6.07) is 8.14. The average Bonchev–Trinajstić information content (AvgIpc) is 2.41. The Bertz CT molecular complexity index is 401. The first kappa shape index (κ1) is 19.4. The quantitative estimate of drug-likeness (QED) is 0.696. The van der Waals surface area contributed by atoms with Gasteiger partial charge in [-0.2, -0.15) is 0 Å². The molecule has 0 saturated carbocycles. The normalized spacial score (nSPS) is 11.6. The number of carbonyl (C=O) groups excluding carboxylic acids is 1. The first-order valence-electron chi connectivity index (χ1n) is 6.89. The molecule has 0 radical (unpaired) electrons. The molecule has 0 fully saturated rings. The largest absolute Gasteiger partial charge is 0.356 e. The van der Waals surface area contributed by atoms with E-state index in [-0.39, 0.29) is 24.2 Å². The molecule has 0 aromatic heterocycles. The smallest absolute Gasteiger partial charge is 0.223 e. The summed E-state index contributed by atoms with van der Waals surface area (Å²) in [5.74, 6) is 0.201. The monoisotopic (exact) mass is 362 g/mol. The highest BCUT2D eigenvalue weighted by Gasteiger charge is 2.16. The second-order valence-corrected chi connectivity index (χ2v) is 5.64. The number of carbonyl (C=O) groups is 1. The molecule has 1 atom stereocenters. The summed E-state index contributed by atoms with van der Waals surface area (Å²) in [4.78, 5) is 12.1.